The molecule has 1 N–H and O–H groups in total. The summed E-state index contributed by atoms with van der Waals surface area (Å²) >= 11 is 2.25. The minimum absolute atomic E-state index is 0.0120. The predicted octanol–water partition coefficient (Wildman–Crippen LogP) is 4.73. The molecule has 1 aliphatic rings. The van der Waals surface area contributed by atoms with Crippen LogP contribution in [0.5, 0.6) is 0 Å². The summed E-state index contributed by atoms with van der Waals surface area (Å²) in [4.78, 5) is 12.6. The molecule has 0 unspecified atom stereocenters. The zero-order chi connectivity index (χ0) is 14.8. The van der Waals surface area contributed by atoms with Crippen LogP contribution in [0.15, 0.2) is 36.4 Å². The van der Waals surface area contributed by atoms with Crippen LogP contribution < -0.4 is 5.32 Å². The molecule has 1 amide bonds. The van der Waals surface area contributed by atoms with Gasteiger partial charge in [-0.05, 0) is 84.0 Å². The molecule has 0 bridgehead atoms. The number of fused-ring (bicyclic) bond motifs is 1. The van der Waals surface area contributed by atoms with E-state index in [2.05, 4.69) is 34.0 Å². The smallest absolute Gasteiger partial charge is 0.256 e. The average molecular weight is 391 g/mol. The van der Waals surface area contributed by atoms with Gasteiger partial charge >= 0.3 is 0 Å². The van der Waals surface area contributed by atoms with Gasteiger partial charge in [0.25, 0.3) is 5.91 Å². The van der Waals surface area contributed by atoms with E-state index in [1.807, 2.05) is 37.3 Å². The number of amides is 1. The monoisotopic (exact) mass is 391 g/mol. The summed E-state index contributed by atoms with van der Waals surface area (Å²) in [5.74, 6) is -0.0120. The largest absolute Gasteiger partial charge is 0.322 e. The second kappa shape index (κ2) is 6.18. The molecule has 0 aliphatic heterocycles. The Labute approximate surface area is 139 Å². The van der Waals surface area contributed by atoms with Crippen LogP contribution in [0.2, 0.25) is 0 Å². The minimum atomic E-state index is -0.0120. The first kappa shape index (κ1) is 14.6. The third-order valence-corrected chi connectivity index (χ3v) is 5.51. The third kappa shape index (κ3) is 2.98. The number of aryl methyl sites for hydroxylation is 2. The van der Waals surface area contributed by atoms with Crippen molar-refractivity contribution in [1.82, 2.24) is 0 Å². The number of benzene rings is 2. The molecule has 21 heavy (non-hydrogen) atoms. The van der Waals surface area contributed by atoms with Crippen LogP contribution >= 0.6 is 22.6 Å². The van der Waals surface area contributed by atoms with E-state index in [9.17, 15) is 4.79 Å². The molecule has 3 rings (SSSR count). The number of anilines is 1. The molecule has 0 spiro atoms. The van der Waals surface area contributed by atoms with Gasteiger partial charge in [-0.25, -0.2) is 0 Å². The normalized spacial score (nSPS) is 13.6. The molecule has 0 radical (unpaired) electrons. The summed E-state index contributed by atoms with van der Waals surface area (Å²) in [6.07, 6.45) is 4.65. The molecule has 0 saturated heterocycles. The second-order valence-electron chi connectivity index (χ2n) is 5.54. The molecule has 0 heterocycles. The third-order valence-electron chi connectivity index (χ3n) is 4.08. The second-order valence-corrected chi connectivity index (χ2v) is 6.62. The standard InChI is InChI=1S/C18H18INO/c1-12-6-4-10-15(17(12)19)18(21)20-16-11-5-8-13-7-2-3-9-14(13)16/h4-6,8,10-11H,2-3,7,9H2,1H3,(H,20,21). The number of carbonyl (C=O) groups excluding carboxylic acids is 1. The lowest BCUT2D eigenvalue weighted by molar-refractivity contribution is 0.102. The SMILES string of the molecule is Cc1cccc(C(=O)Nc2cccc3c2CCCC3)c1I. The molecular weight excluding hydrogens is 373 g/mol. The zero-order valence-electron chi connectivity index (χ0n) is 12.1. The quantitative estimate of drug-likeness (QED) is 0.737. The van der Waals surface area contributed by atoms with E-state index in [1.165, 1.54) is 24.0 Å². The summed E-state index contributed by atoms with van der Waals surface area (Å²) in [5, 5.41) is 3.11. The minimum Gasteiger partial charge on any atom is -0.322 e. The summed E-state index contributed by atoms with van der Waals surface area (Å²) < 4.78 is 1.03. The van der Waals surface area contributed by atoms with Crippen molar-refractivity contribution in [2.24, 2.45) is 0 Å². The lowest BCUT2D eigenvalue weighted by atomic mass is 9.90. The van der Waals surface area contributed by atoms with Crippen molar-refractivity contribution in [3.05, 3.63) is 62.2 Å². The summed E-state index contributed by atoms with van der Waals surface area (Å²) in [5.41, 5.74) is 5.58. The lowest BCUT2D eigenvalue weighted by Gasteiger charge is -2.20. The maximum Gasteiger partial charge on any atom is 0.256 e. The highest BCUT2D eigenvalue weighted by Crippen LogP contribution is 2.28. The van der Waals surface area contributed by atoms with Gasteiger partial charge in [-0.3, -0.25) is 4.79 Å². The number of nitrogens with one attached hydrogen (secondary N) is 1. The zero-order valence-corrected chi connectivity index (χ0v) is 14.2. The first-order valence-electron chi connectivity index (χ1n) is 7.34. The average Bonchev–Trinajstić information content (AvgIpc) is 2.50. The Hall–Kier alpha value is -1.36. The van der Waals surface area contributed by atoms with Crippen molar-refractivity contribution in [3.8, 4) is 0 Å². The van der Waals surface area contributed by atoms with Crippen LogP contribution in [-0.4, -0.2) is 5.91 Å². The molecular formula is C18H18INO. The highest BCUT2D eigenvalue weighted by molar-refractivity contribution is 14.1. The highest BCUT2D eigenvalue weighted by atomic mass is 127. The summed E-state index contributed by atoms with van der Waals surface area (Å²) in [6, 6.07) is 12.1. The Morgan fingerprint density at radius 2 is 1.86 bits per heavy atom. The molecule has 0 atom stereocenters. The van der Waals surface area contributed by atoms with Gasteiger partial charge < -0.3 is 5.32 Å². The van der Waals surface area contributed by atoms with Crippen molar-refractivity contribution in [2.45, 2.75) is 32.6 Å². The summed E-state index contributed by atoms with van der Waals surface area (Å²) in [6.45, 7) is 2.03. The van der Waals surface area contributed by atoms with Crippen LogP contribution in [-0.2, 0) is 12.8 Å². The van der Waals surface area contributed by atoms with E-state index in [0.717, 1.165) is 33.2 Å². The van der Waals surface area contributed by atoms with E-state index < -0.39 is 0 Å². The lowest BCUT2D eigenvalue weighted by Crippen LogP contribution is -2.16. The van der Waals surface area contributed by atoms with Crippen molar-refractivity contribution < 1.29 is 4.79 Å². The van der Waals surface area contributed by atoms with Gasteiger partial charge in [0.15, 0.2) is 0 Å². The molecule has 2 aromatic rings. The number of rotatable bonds is 2. The van der Waals surface area contributed by atoms with E-state index in [0.29, 0.717) is 0 Å². The number of hydrogen-bond donors (Lipinski definition) is 1. The van der Waals surface area contributed by atoms with Crippen molar-refractivity contribution in [2.75, 3.05) is 5.32 Å². The first-order chi connectivity index (χ1) is 10.2. The Kier molecular flexibility index (Phi) is 4.29. The fourth-order valence-corrected chi connectivity index (χ4v) is 3.52. The fourth-order valence-electron chi connectivity index (χ4n) is 2.91. The predicted molar refractivity (Wildman–Crippen MR) is 94.9 cm³/mol. The maximum atomic E-state index is 12.6. The van der Waals surface area contributed by atoms with Crippen LogP contribution in [0.3, 0.4) is 0 Å². The molecule has 108 valence electrons. The Balaban J connectivity index is 1.90. The Morgan fingerprint density at radius 3 is 2.71 bits per heavy atom. The first-order valence-corrected chi connectivity index (χ1v) is 8.42. The summed E-state index contributed by atoms with van der Waals surface area (Å²) in [7, 11) is 0. The van der Waals surface area contributed by atoms with Gasteiger partial charge in [0.1, 0.15) is 0 Å². The molecule has 2 aromatic carbocycles. The Bertz CT molecular complexity index is 694. The Morgan fingerprint density at radius 1 is 1.10 bits per heavy atom. The van der Waals surface area contributed by atoms with Gasteiger partial charge in [-0.2, -0.15) is 0 Å². The number of halogens is 1. The highest BCUT2D eigenvalue weighted by Gasteiger charge is 2.16. The van der Waals surface area contributed by atoms with Crippen LogP contribution in [0.4, 0.5) is 5.69 Å². The molecule has 2 nitrogen and oxygen atoms in total. The fraction of sp³-hybridized carbons (Fsp3) is 0.278. The van der Waals surface area contributed by atoms with E-state index in [-0.39, 0.29) is 5.91 Å². The molecule has 1 aliphatic carbocycles. The van der Waals surface area contributed by atoms with Crippen LogP contribution in [0.1, 0.15) is 39.9 Å². The van der Waals surface area contributed by atoms with Crippen LogP contribution in [0, 0.1) is 10.5 Å². The number of hydrogen-bond acceptors (Lipinski definition) is 1. The van der Waals surface area contributed by atoms with E-state index in [1.54, 1.807) is 0 Å². The van der Waals surface area contributed by atoms with Gasteiger partial charge in [0, 0.05) is 9.26 Å². The van der Waals surface area contributed by atoms with Crippen molar-refractivity contribution >= 4 is 34.2 Å². The van der Waals surface area contributed by atoms with Gasteiger partial charge in [-0.1, -0.05) is 24.3 Å². The maximum absolute atomic E-state index is 12.6. The van der Waals surface area contributed by atoms with Gasteiger partial charge in [-0.15, -0.1) is 0 Å². The molecule has 3 heteroatoms. The number of carbonyl (C=O) groups is 1. The van der Waals surface area contributed by atoms with Crippen LogP contribution in [0.25, 0.3) is 0 Å². The molecule has 0 aromatic heterocycles. The molecule has 0 fully saturated rings. The molecule has 0 saturated carbocycles. The van der Waals surface area contributed by atoms with E-state index in [4.69, 9.17) is 0 Å². The van der Waals surface area contributed by atoms with Crippen molar-refractivity contribution in [3.63, 3.8) is 0 Å². The van der Waals surface area contributed by atoms with Gasteiger partial charge in [0.05, 0.1) is 5.56 Å². The van der Waals surface area contributed by atoms with Gasteiger partial charge in [0.2, 0.25) is 0 Å². The van der Waals surface area contributed by atoms with E-state index >= 15 is 0 Å². The van der Waals surface area contributed by atoms with Crippen molar-refractivity contribution in [1.29, 1.82) is 0 Å². The topological polar surface area (TPSA) is 29.1 Å².